The lowest BCUT2D eigenvalue weighted by molar-refractivity contribution is -0.149. The van der Waals surface area contributed by atoms with Crippen molar-refractivity contribution in [2.75, 3.05) is 6.61 Å². The Morgan fingerprint density at radius 3 is 2.38 bits per heavy atom. The molecule has 21 heavy (non-hydrogen) atoms. The molecule has 0 aliphatic heterocycles. The van der Waals surface area contributed by atoms with Gasteiger partial charge in [-0.15, -0.1) is 0 Å². The highest BCUT2D eigenvalue weighted by molar-refractivity contribution is 5.89. The van der Waals surface area contributed by atoms with E-state index in [9.17, 15) is 13.6 Å². The summed E-state index contributed by atoms with van der Waals surface area (Å²) in [5.74, 6) is -0.977. The number of carbonyl (C=O) groups is 1. The summed E-state index contributed by atoms with van der Waals surface area (Å²) in [5, 5.41) is 0. The second kappa shape index (κ2) is 6.65. The quantitative estimate of drug-likeness (QED) is 0.819. The van der Waals surface area contributed by atoms with Crippen molar-refractivity contribution < 1.29 is 18.3 Å². The molecule has 0 saturated heterocycles. The zero-order chi connectivity index (χ0) is 15.5. The molecule has 0 unspecified atom stereocenters. The Hall–Kier alpha value is -1.29. The highest BCUT2D eigenvalue weighted by Crippen LogP contribution is 2.36. The van der Waals surface area contributed by atoms with E-state index < -0.39 is 17.2 Å². The molecule has 2 nitrogen and oxygen atoms in total. The molecule has 4 heteroatoms. The van der Waals surface area contributed by atoms with Gasteiger partial charge in [0.05, 0.1) is 0 Å². The fourth-order valence-electron chi connectivity index (χ4n) is 3.03. The molecule has 0 amide bonds. The predicted molar refractivity (Wildman–Crippen MR) is 77.1 cm³/mol. The number of ketones is 1. The molecular weight excluding hydrogens is 274 g/mol. The van der Waals surface area contributed by atoms with Crippen LogP contribution in [0.25, 0.3) is 0 Å². The maximum absolute atomic E-state index is 13.7. The first-order valence-electron chi connectivity index (χ1n) is 7.58. The molecule has 0 radical (unpaired) electrons. The minimum Gasteiger partial charge on any atom is -0.367 e. The van der Waals surface area contributed by atoms with Crippen LogP contribution in [0.5, 0.6) is 0 Å². The Morgan fingerprint density at radius 1 is 1.29 bits per heavy atom. The first-order chi connectivity index (χ1) is 9.98. The van der Waals surface area contributed by atoms with E-state index in [4.69, 9.17) is 4.74 Å². The lowest BCUT2D eigenvalue weighted by Gasteiger charge is -2.38. The Morgan fingerprint density at radius 2 is 1.86 bits per heavy atom. The number of hydrogen-bond donors (Lipinski definition) is 0. The minimum atomic E-state index is -0.865. The topological polar surface area (TPSA) is 26.3 Å². The van der Waals surface area contributed by atoms with Gasteiger partial charge in [-0.05, 0) is 50.7 Å². The van der Waals surface area contributed by atoms with Crippen molar-refractivity contribution >= 4 is 5.78 Å². The third-order valence-electron chi connectivity index (χ3n) is 4.41. The van der Waals surface area contributed by atoms with Gasteiger partial charge in [0, 0.05) is 18.6 Å². The summed E-state index contributed by atoms with van der Waals surface area (Å²) in [7, 11) is 0. The van der Waals surface area contributed by atoms with E-state index in [0.717, 1.165) is 12.8 Å². The van der Waals surface area contributed by atoms with Crippen molar-refractivity contribution in [1.82, 2.24) is 0 Å². The largest absolute Gasteiger partial charge is 0.367 e. The van der Waals surface area contributed by atoms with Crippen LogP contribution >= 0.6 is 0 Å². The molecule has 0 aromatic heterocycles. The van der Waals surface area contributed by atoms with Crippen LogP contribution in [0.15, 0.2) is 18.2 Å². The standard InChI is InChI=1S/C17H22F2O2/c1-3-21-17(9-7-12(2)8-10-17)16(20)11-13-14(18)5-4-6-15(13)19/h4-6,12H,3,7-11H2,1-2H3. The number of halogens is 2. The van der Waals surface area contributed by atoms with E-state index in [-0.39, 0.29) is 17.8 Å². The molecule has 1 aromatic carbocycles. The Bertz CT molecular complexity index is 485. The highest BCUT2D eigenvalue weighted by Gasteiger charge is 2.41. The molecule has 2 rings (SSSR count). The van der Waals surface area contributed by atoms with Gasteiger partial charge in [0.2, 0.25) is 0 Å². The average Bonchev–Trinajstić information content (AvgIpc) is 2.46. The van der Waals surface area contributed by atoms with Gasteiger partial charge < -0.3 is 4.74 Å². The fourth-order valence-corrected chi connectivity index (χ4v) is 3.03. The molecule has 1 aromatic rings. The Balaban J connectivity index is 2.20. The molecule has 0 heterocycles. The van der Waals surface area contributed by atoms with Crippen LogP contribution in [0, 0.1) is 17.6 Å². The molecule has 0 N–H and O–H groups in total. The number of carbonyl (C=O) groups excluding carboxylic acids is 1. The third-order valence-corrected chi connectivity index (χ3v) is 4.41. The normalized spacial score (nSPS) is 25.8. The van der Waals surface area contributed by atoms with Gasteiger partial charge in [-0.3, -0.25) is 4.79 Å². The average molecular weight is 296 g/mol. The maximum Gasteiger partial charge on any atom is 0.169 e. The number of Topliss-reactive ketones (excluding diaryl/α,β-unsaturated/α-hetero) is 1. The minimum absolute atomic E-state index is 0.153. The van der Waals surface area contributed by atoms with Crippen molar-refractivity contribution in [3.63, 3.8) is 0 Å². The van der Waals surface area contributed by atoms with Crippen LogP contribution in [0.1, 0.15) is 45.1 Å². The van der Waals surface area contributed by atoms with E-state index in [1.807, 2.05) is 6.92 Å². The van der Waals surface area contributed by atoms with Gasteiger partial charge in [0.25, 0.3) is 0 Å². The van der Waals surface area contributed by atoms with Crippen molar-refractivity contribution in [2.45, 2.75) is 51.6 Å². The second-order valence-electron chi connectivity index (χ2n) is 5.91. The Kier molecular flexibility index (Phi) is 5.09. The van der Waals surface area contributed by atoms with E-state index in [1.54, 1.807) is 0 Å². The van der Waals surface area contributed by atoms with Gasteiger partial charge in [-0.2, -0.15) is 0 Å². The number of ether oxygens (including phenoxy) is 1. The first kappa shape index (κ1) is 16.1. The molecule has 1 aliphatic carbocycles. The van der Waals surface area contributed by atoms with Crippen molar-refractivity contribution in [3.8, 4) is 0 Å². The Labute approximate surface area is 124 Å². The van der Waals surface area contributed by atoms with Crippen LogP contribution in [-0.4, -0.2) is 18.0 Å². The zero-order valence-corrected chi connectivity index (χ0v) is 12.6. The van der Waals surface area contributed by atoms with Gasteiger partial charge in [-0.25, -0.2) is 8.78 Å². The molecule has 0 bridgehead atoms. The van der Waals surface area contributed by atoms with E-state index in [1.165, 1.54) is 18.2 Å². The molecule has 116 valence electrons. The zero-order valence-electron chi connectivity index (χ0n) is 12.6. The highest BCUT2D eigenvalue weighted by atomic mass is 19.1. The summed E-state index contributed by atoms with van der Waals surface area (Å²) in [6.45, 7) is 4.42. The van der Waals surface area contributed by atoms with Crippen molar-refractivity contribution in [1.29, 1.82) is 0 Å². The smallest absolute Gasteiger partial charge is 0.169 e. The summed E-state index contributed by atoms with van der Waals surface area (Å²) in [6.07, 6.45) is 2.84. The molecule has 1 aliphatic rings. The summed E-state index contributed by atoms with van der Waals surface area (Å²) >= 11 is 0. The summed E-state index contributed by atoms with van der Waals surface area (Å²) < 4.78 is 33.2. The van der Waals surface area contributed by atoms with Crippen LogP contribution in [0.3, 0.4) is 0 Å². The maximum atomic E-state index is 13.7. The van der Waals surface area contributed by atoms with Crippen LogP contribution in [0.2, 0.25) is 0 Å². The molecule has 1 fully saturated rings. The van der Waals surface area contributed by atoms with Gasteiger partial charge in [-0.1, -0.05) is 13.0 Å². The van der Waals surface area contributed by atoms with Gasteiger partial charge in [0.15, 0.2) is 5.78 Å². The summed E-state index contributed by atoms with van der Waals surface area (Å²) in [4.78, 5) is 12.6. The van der Waals surface area contributed by atoms with Crippen molar-refractivity contribution in [2.24, 2.45) is 5.92 Å². The predicted octanol–water partition coefficient (Wildman–Crippen LogP) is 4.06. The molecular formula is C17H22F2O2. The summed E-state index contributed by atoms with van der Waals surface area (Å²) in [5.41, 5.74) is -1.02. The third kappa shape index (κ3) is 3.49. The second-order valence-corrected chi connectivity index (χ2v) is 5.91. The van der Waals surface area contributed by atoms with E-state index >= 15 is 0 Å². The van der Waals surface area contributed by atoms with Gasteiger partial charge >= 0.3 is 0 Å². The van der Waals surface area contributed by atoms with E-state index in [0.29, 0.717) is 25.4 Å². The SMILES string of the molecule is CCOC1(C(=O)Cc2c(F)cccc2F)CCC(C)CC1. The van der Waals surface area contributed by atoms with Gasteiger partial charge in [0.1, 0.15) is 17.2 Å². The molecule has 0 spiro atoms. The lowest BCUT2D eigenvalue weighted by atomic mass is 9.75. The lowest BCUT2D eigenvalue weighted by Crippen LogP contribution is -2.45. The first-order valence-corrected chi connectivity index (χ1v) is 7.58. The number of hydrogen-bond acceptors (Lipinski definition) is 2. The van der Waals surface area contributed by atoms with Crippen LogP contribution < -0.4 is 0 Å². The van der Waals surface area contributed by atoms with Crippen LogP contribution in [0.4, 0.5) is 8.78 Å². The number of rotatable bonds is 5. The summed E-state index contributed by atoms with van der Waals surface area (Å²) in [6, 6.07) is 3.67. The molecule has 0 atom stereocenters. The van der Waals surface area contributed by atoms with Crippen molar-refractivity contribution in [3.05, 3.63) is 35.4 Å². The van der Waals surface area contributed by atoms with Crippen LogP contribution in [-0.2, 0) is 16.0 Å². The van der Waals surface area contributed by atoms with E-state index in [2.05, 4.69) is 6.92 Å². The molecule has 1 saturated carbocycles. The monoisotopic (exact) mass is 296 g/mol. The fraction of sp³-hybridized carbons (Fsp3) is 0.588. The number of benzene rings is 1.